The smallest absolute Gasteiger partial charge is 0.342 e. The number of amides is 2. The summed E-state index contributed by atoms with van der Waals surface area (Å²) in [5, 5.41) is 20.9. The van der Waals surface area contributed by atoms with Gasteiger partial charge in [-0.2, -0.15) is 9.78 Å². The van der Waals surface area contributed by atoms with E-state index in [9.17, 15) is 19.1 Å². The summed E-state index contributed by atoms with van der Waals surface area (Å²) < 4.78 is 14.8. The molecule has 1 fully saturated rings. The van der Waals surface area contributed by atoms with Gasteiger partial charge >= 0.3 is 6.03 Å². The van der Waals surface area contributed by atoms with Crippen LogP contribution in [0.4, 0.5) is 14.9 Å². The first kappa shape index (κ1) is 26.2. The van der Waals surface area contributed by atoms with Gasteiger partial charge in [0.1, 0.15) is 11.6 Å². The summed E-state index contributed by atoms with van der Waals surface area (Å²) in [5.41, 5.74) is 4.38. The van der Waals surface area contributed by atoms with Gasteiger partial charge in [0.25, 0.3) is 5.91 Å². The van der Waals surface area contributed by atoms with E-state index in [1.807, 2.05) is 18.2 Å². The highest BCUT2D eigenvalue weighted by Gasteiger charge is 2.30. The van der Waals surface area contributed by atoms with Crippen molar-refractivity contribution in [1.29, 1.82) is 0 Å². The molecular weight excluding hydrogens is 495 g/mol. The fraction of sp³-hybridized carbons (Fsp3) is 0.258. The third-order valence-electron chi connectivity index (χ3n) is 6.80. The van der Waals surface area contributed by atoms with Crippen molar-refractivity contribution in [3.63, 3.8) is 0 Å². The highest BCUT2D eigenvalue weighted by atomic mass is 19.1. The topological polar surface area (TPSA) is 96.3 Å². The largest absolute Gasteiger partial charge is 0.507 e. The van der Waals surface area contributed by atoms with E-state index >= 15 is 0 Å². The summed E-state index contributed by atoms with van der Waals surface area (Å²) in [6.07, 6.45) is 1.91. The lowest BCUT2D eigenvalue weighted by atomic mass is 9.87. The van der Waals surface area contributed by atoms with Crippen molar-refractivity contribution in [2.45, 2.75) is 51.5 Å². The van der Waals surface area contributed by atoms with Crippen LogP contribution in [0.15, 0.2) is 72.8 Å². The minimum atomic E-state index is -0.423. The van der Waals surface area contributed by atoms with E-state index in [-0.39, 0.29) is 35.4 Å². The molecule has 0 unspecified atom stereocenters. The van der Waals surface area contributed by atoms with Gasteiger partial charge in [0, 0.05) is 35.3 Å². The standard InChI is InChI=1S/C31H31FN4O3/c1-31(2,3)22-11-9-21(10-12-22)29(38)34-24-13-14-25(28(37)16-24)26-17-27(20-7-8-20)36(35-26)30(39)33-18-19-5-4-6-23(32)15-19/h4-6,9-17,20,37H,7-8,18H2,1-3H3,(H,33,39)(H,34,38). The van der Waals surface area contributed by atoms with Crippen molar-refractivity contribution in [3.05, 3.63) is 101 Å². The van der Waals surface area contributed by atoms with Crippen molar-refractivity contribution in [1.82, 2.24) is 15.1 Å². The van der Waals surface area contributed by atoms with Gasteiger partial charge in [-0.25, -0.2) is 9.18 Å². The molecule has 5 rings (SSSR count). The monoisotopic (exact) mass is 526 g/mol. The fourth-order valence-electron chi connectivity index (χ4n) is 4.41. The molecule has 8 heteroatoms. The molecular formula is C31H31FN4O3. The van der Waals surface area contributed by atoms with Crippen LogP contribution in [0.2, 0.25) is 0 Å². The Morgan fingerprint density at radius 1 is 1.03 bits per heavy atom. The van der Waals surface area contributed by atoms with Crippen molar-refractivity contribution < 1.29 is 19.1 Å². The molecule has 4 aromatic rings. The van der Waals surface area contributed by atoms with E-state index in [4.69, 9.17) is 0 Å². The second kappa shape index (κ2) is 10.4. The Labute approximate surface area is 226 Å². The predicted molar refractivity (Wildman–Crippen MR) is 148 cm³/mol. The number of phenols is 1. The number of hydrogen-bond acceptors (Lipinski definition) is 4. The van der Waals surface area contributed by atoms with Gasteiger partial charge in [0.05, 0.1) is 11.4 Å². The van der Waals surface area contributed by atoms with Crippen LogP contribution in [0.3, 0.4) is 0 Å². The zero-order valence-corrected chi connectivity index (χ0v) is 22.2. The van der Waals surface area contributed by atoms with Crippen LogP contribution in [-0.2, 0) is 12.0 Å². The van der Waals surface area contributed by atoms with Crippen LogP contribution in [0.25, 0.3) is 11.3 Å². The summed E-state index contributed by atoms with van der Waals surface area (Å²) in [7, 11) is 0. The number of carbonyl (C=O) groups is 2. The average Bonchev–Trinajstić information content (AvgIpc) is 3.65. The van der Waals surface area contributed by atoms with Crippen molar-refractivity contribution in [2.75, 3.05) is 5.32 Å². The number of nitrogens with one attached hydrogen (secondary N) is 2. The van der Waals surface area contributed by atoms with Crippen LogP contribution in [0.5, 0.6) is 5.75 Å². The number of aromatic hydroxyl groups is 1. The number of rotatable bonds is 6. The lowest BCUT2D eigenvalue weighted by molar-refractivity contribution is 0.102. The molecule has 39 heavy (non-hydrogen) atoms. The molecule has 1 heterocycles. The van der Waals surface area contributed by atoms with Crippen LogP contribution < -0.4 is 10.6 Å². The first-order valence-electron chi connectivity index (χ1n) is 13.0. The van der Waals surface area contributed by atoms with Gasteiger partial charge in [-0.3, -0.25) is 4.79 Å². The molecule has 0 bridgehead atoms. The molecule has 0 saturated heterocycles. The number of carbonyl (C=O) groups excluding carboxylic acids is 2. The number of hydrogen-bond donors (Lipinski definition) is 3. The number of anilines is 1. The Morgan fingerprint density at radius 3 is 2.41 bits per heavy atom. The molecule has 2 amide bonds. The highest BCUT2D eigenvalue weighted by Crippen LogP contribution is 2.42. The first-order valence-corrected chi connectivity index (χ1v) is 13.0. The molecule has 1 aliphatic rings. The maximum absolute atomic E-state index is 13.5. The van der Waals surface area contributed by atoms with Gasteiger partial charge in [-0.15, -0.1) is 0 Å². The molecule has 1 aromatic heterocycles. The van der Waals surface area contributed by atoms with E-state index in [2.05, 4.69) is 36.5 Å². The van der Waals surface area contributed by atoms with Gasteiger partial charge in [0.2, 0.25) is 0 Å². The van der Waals surface area contributed by atoms with Crippen molar-refractivity contribution >= 4 is 17.6 Å². The van der Waals surface area contributed by atoms with Crippen LogP contribution in [0, 0.1) is 5.82 Å². The summed E-state index contributed by atoms with van der Waals surface area (Å²) >= 11 is 0. The molecule has 0 atom stereocenters. The molecule has 0 spiro atoms. The number of benzene rings is 3. The second-order valence-corrected chi connectivity index (χ2v) is 10.9. The lowest BCUT2D eigenvalue weighted by Crippen LogP contribution is -2.30. The fourth-order valence-corrected chi connectivity index (χ4v) is 4.41. The molecule has 0 aliphatic heterocycles. The number of aromatic nitrogens is 2. The van der Waals surface area contributed by atoms with Crippen molar-refractivity contribution in [2.24, 2.45) is 0 Å². The Hall–Kier alpha value is -4.46. The Balaban J connectivity index is 1.31. The van der Waals surface area contributed by atoms with Gasteiger partial charge in [-0.05, 0) is 71.8 Å². The first-order chi connectivity index (χ1) is 18.6. The van der Waals surface area contributed by atoms with Gasteiger partial charge in [0.15, 0.2) is 0 Å². The number of phenolic OH excluding ortho intramolecular Hbond substituents is 1. The van der Waals surface area contributed by atoms with E-state index in [0.717, 1.165) is 24.1 Å². The molecule has 3 aromatic carbocycles. The van der Waals surface area contributed by atoms with E-state index < -0.39 is 6.03 Å². The molecule has 200 valence electrons. The quantitative estimate of drug-likeness (QED) is 0.264. The summed E-state index contributed by atoms with van der Waals surface area (Å²) in [5.74, 6) is -0.493. The Bertz CT molecular complexity index is 1530. The number of halogens is 1. The zero-order chi connectivity index (χ0) is 27.7. The Morgan fingerprint density at radius 2 is 1.77 bits per heavy atom. The SMILES string of the molecule is CC(C)(C)c1ccc(C(=O)Nc2ccc(-c3cc(C4CC4)n(C(=O)NCc4cccc(F)c4)n3)c(O)c2)cc1. The normalized spacial score (nSPS) is 13.2. The number of nitrogens with zero attached hydrogens (tertiary/aromatic N) is 2. The van der Waals surface area contributed by atoms with Crippen LogP contribution in [-0.4, -0.2) is 26.8 Å². The Kier molecular flexibility index (Phi) is 6.95. The molecule has 7 nitrogen and oxygen atoms in total. The molecule has 1 aliphatic carbocycles. The lowest BCUT2D eigenvalue weighted by Gasteiger charge is -2.19. The maximum atomic E-state index is 13.5. The summed E-state index contributed by atoms with van der Waals surface area (Å²) in [6.45, 7) is 6.50. The van der Waals surface area contributed by atoms with E-state index in [1.54, 1.807) is 36.4 Å². The highest BCUT2D eigenvalue weighted by molar-refractivity contribution is 6.04. The van der Waals surface area contributed by atoms with Crippen LogP contribution in [0.1, 0.15) is 66.7 Å². The van der Waals surface area contributed by atoms with Crippen LogP contribution >= 0.6 is 0 Å². The molecule has 1 saturated carbocycles. The van der Waals surface area contributed by atoms with Gasteiger partial charge in [-0.1, -0.05) is 45.0 Å². The third kappa shape index (κ3) is 6.00. The van der Waals surface area contributed by atoms with E-state index in [1.165, 1.54) is 22.9 Å². The average molecular weight is 527 g/mol. The second-order valence-electron chi connectivity index (χ2n) is 10.9. The van der Waals surface area contributed by atoms with E-state index in [0.29, 0.717) is 28.1 Å². The molecule has 3 N–H and O–H groups in total. The maximum Gasteiger partial charge on any atom is 0.342 e. The minimum absolute atomic E-state index is 0.00896. The summed E-state index contributed by atoms with van der Waals surface area (Å²) in [4.78, 5) is 25.7. The van der Waals surface area contributed by atoms with Gasteiger partial charge < -0.3 is 15.7 Å². The predicted octanol–water partition coefficient (Wildman–Crippen LogP) is 6.58. The van der Waals surface area contributed by atoms with Crippen molar-refractivity contribution in [3.8, 4) is 17.0 Å². The minimum Gasteiger partial charge on any atom is -0.507 e. The third-order valence-corrected chi connectivity index (χ3v) is 6.80. The zero-order valence-electron chi connectivity index (χ0n) is 22.2. The summed E-state index contributed by atoms with van der Waals surface area (Å²) in [6, 6.07) is 19.7. The molecule has 0 radical (unpaired) electrons.